The van der Waals surface area contributed by atoms with Gasteiger partial charge in [0.1, 0.15) is 6.07 Å². The van der Waals surface area contributed by atoms with Crippen molar-refractivity contribution < 1.29 is 23.1 Å². The number of nitriles is 1. The van der Waals surface area contributed by atoms with Gasteiger partial charge in [-0.25, -0.2) is 4.79 Å². The van der Waals surface area contributed by atoms with E-state index in [2.05, 4.69) is 0 Å². The van der Waals surface area contributed by atoms with E-state index < -0.39 is 18.1 Å². The van der Waals surface area contributed by atoms with Gasteiger partial charge in [0, 0.05) is 0 Å². The molecule has 2 rings (SSSR count). The molecule has 0 radical (unpaired) electrons. The van der Waals surface area contributed by atoms with Crippen LogP contribution in [0.5, 0.6) is 0 Å². The Morgan fingerprint density at radius 3 is 2.38 bits per heavy atom. The van der Waals surface area contributed by atoms with Crippen molar-refractivity contribution in [2.24, 2.45) is 0 Å². The van der Waals surface area contributed by atoms with Crippen molar-refractivity contribution >= 4 is 12.0 Å². The van der Waals surface area contributed by atoms with E-state index in [0.29, 0.717) is 5.56 Å². The molecule has 2 aromatic carbocycles. The Balaban J connectivity index is 2.42. The SMILES string of the molecule is Cc1ccc(C(/C=C/c2ccc(C(=O)O)c(C#N)c2)C(F)(F)F)cc1C. The van der Waals surface area contributed by atoms with Crippen LogP contribution in [0.2, 0.25) is 0 Å². The van der Waals surface area contributed by atoms with Gasteiger partial charge in [0.05, 0.1) is 17.0 Å². The highest BCUT2D eigenvalue weighted by Gasteiger charge is 2.38. The zero-order chi connectivity index (χ0) is 19.5. The molecule has 1 atom stereocenters. The second kappa shape index (κ2) is 7.44. The number of benzene rings is 2. The lowest BCUT2D eigenvalue weighted by Crippen LogP contribution is -2.19. The quantitative estimate of drug-likeness (QED) is 0.813. The van der Waals surface area contributed by atoms with Crippen molar-refractivity contribution in [1.29, 1.82) is 5.26 Å². The molecular formula is C20H16F3NO2. The molecule has 0 amide bonds. The molecule has 0 aliphatic heterocycles. The van der Waals surface area contributed by atoms with Crippen LogP contribution >= 0.6 is 0 Å². The summed E-state index contributed by atoms with van der Waals surface area (Å²) in [7, 11) is 0. The van der Waals surface area contributed by atoms with Crippen LogP contribution in [0.3, 0.4) is 0 Å². The van der Waals surface area contributed by atoms with Crippen LogP contribution in [0, 0.1) is 25.2 Å². The fraction of sp³-hybridized carbons (Fsp3) is 0.200. The molecule has 6 heteroatoms. The topological polar surface area (TPSA) is 61.1 Å². The van der Waals surface area contributed by atoms with Crippen LogP contribution < -0.4 is 0 Å². The molecule has 0 heterocycles. The summed E-state index contributed by atoms with van der Waals surface area (Å²) < 4.78 is 40.4. The average molecular weight is 359 g/mol. The van der Waals surface area contributed by atoms with Crippen molar-refractivity contribution in [3.05, 3.63) is 75.9 Å². The second-order valence-corrected chi connectivity index (χ2v) is 5.94. The van der Waals surface area contributed by atoms with Crippen LogP contribution in [0.15, 0.2) is 42.5 Å². The number of carboxylic acid groups (broad SMARTS) is 1. The average Bonchev–Trinajstić information content (AvgIpc) is 2.56. The summed E-state index contributed by atoms with van der Waals surface area (Å²) in [6.45, 7) is 3.57. The van der Waals surface area contributed by atoms with Crippen LogP contribution in [-0.4, -0.2) is 17.3 Å². The molecule has 1 N–H and O–H groups in total. The summed E-state index contributed by atoms with van der Waals surface area (Å²) in [5, 5.41) is 18.0. The minimum absolute atomic E-state index is 0.102. The monoisotopic (exact) mass is 359 g/mol. The van der Waals surface area contributed by atoms with Gasteiger partial charge in [-0.3, -0.25) is 0 Å². The first-order chi connectivity index (χ1) is 12.1. The van der Waals surface area contributed by atoms with Gasteiger partial charge in [0.2, 0.25) is 0 Å². The third-order valence-corrected chi connectivity index (χ3v) is 4.12. The predicted molar refractivity (Wildman–Crippen MR) is 91.9 cm³/mol. The predicted octanol–water partition coefficient (Wildman–Crippen LogP) is 5.23. The molecule has 2 aromatic rings. The first kappa shape index (κ1) is 19.3. The number of hydrogen-bond donors (Lipinski definition) is 1. The summed E-state index contributed by atoms with van der Waals surface area (Å²) in [6.07, 6.45) is -2.21. The summed E-state index contributed by atoms with van der Waals surface area (Å²) in [6, 6.07) is 10.2. The maximum absolute atomic E-state index is 13.5. The Bertz CT molecular complexity index is 908. The number of allylic oxidation sites excluding steroid dienone is 1. The van der Waals surface area contributed by atoms with Crippen LogP contribution in [0.25, 0.3) is 6.08 Å². The number of hydrogen-bond acceptors (Lipinski definition) is 2. The standard InChI is InChI=1S/C20H16F3NO2/c1-12-3-6-15(9-13(12)2)18(20(21,22)23)8-5-14-4-7-17(19(25)26)16(10-14)11-24/h3-10,18H,1-2H3,(H,25,26)/b8-5+. The van der Waals surface area contributed by atoms with Gasteiger partial charge in [0.15, 0.2) is 0 Å². The maximum Gasteiger partial charge on any atom is 0.399 e. The van der Waals surface area contributed by atoms with E-state index in [1.807, 2.05) is 6.92 Å². The summed E-state index contributed by atoms with van der Waals surface area (Å²) in [4.78, 5) is 11.0. The van der Waals surface area contributed by atoms with Crippen molar-refractivity contribution in [2.45, 2.75) is 25.9 Å². The van der Waals surface area contributed by atoms with Gasteiger partial charge < -0.3 is 5.11 Å². The molecule has 0 aliphatic carbocycles. The molecule has 3 nitrogen and oxygen atoms in total. The van der Waals surface area contributed by atoms with Crippen LogP contribution in [-0.2, 0) is 0 Å². The number of nitrogens with zero attached hydrogens (tertiary/aromatic N) is 1. The summed E-state index contributed by atoms with van der Waals surface area (Å²) in [5.41, 5.74) is 1.83. The van der Waals surface area contributed by atoms with Crippen molar-refractivity contribution in [3.63, 3.8) is 0 Å². The third-order valence-electron chi connectivity index (χ3n) is 4.12. The molecule has 0 saturated carbocycles. The molecule has 0 saturated heterocycles. The van der Waals surface area contributed by atoms with E-state index in [4.69, 9.17) is 10.4 Å². The lowest BCUT2D eigenvalue weighted by atomic mass is 9.93. The molecule has 1 unspecified atom stereocenters. The molecular weight excluding hydrogens is 343 g/mol. The molecule has 0 aromatic heterocycles. The highest BCUT2D eigenvalue weighted by molar-refractivity contribution is 5.91. The first-order valence-electron chi connectivity index (χ1n) is 7.73. The number of rotatable bonds is 4. The van der Waals surface area contributed by atoms with E-state index in [1.54, 1.807) is 19.1 Å². The van der Waals surface area contributed by atoms with Crippen molar-refractivity contribution in [2.75, 3.05) is 0 Å². The molecule has 134 valence electrons. The number of aryl methyl sites for hydroxylation is 2. The van der Waals surface area contributed by atoms with Crippen LogP contribution in [0.1, 0.15) is 44.1 Å². The highest BCUT2D eigenvalue weighted by atomic mass is 19.4. The first-order valence-corrected chi connectivity index (χ1v) is 7.73. The lowest BCUT2D eigenvalue weighted by molar-refractivity contribution is -0.139. The molecule has 0 spiro atoms. The number of carbonyl (C=O) groups is 1. The van der Waals surface area contributed by atoms with Gasteiger partial charge in [0.25, 0.3) is 0 Å². The fourth-order valence-electron chi connectivity index (χ4n) is 2.52. The van der Waals surface area contributed by atoms with Gasteiger partial charge >= 0.3 is 12.1 Å². The minimum atomic E-state index is -4.47. The fourth-order valence-corrected chi connectivity index (χ4v) is 2.52. The zero-order valence-corrected chi connectivity index (χ0v) is 14.1. The number of alkyl halides is 3. The summed E-state index contributed by atoms with van der Waals surface area (Å²) >= 11 is 0. The van der Waals surface area contributed by atoms with E-state index in [-0.39, 0.29) is 16.7 Å². The van der Waals surface area contributed by atoms with E-state index in [1.165, 1.54) is 36.4 Å². The smallest absolute Gasteiger partial charge is 0.399 e. The second-order valence-electron chi connectivity index (χ2n) is 5.94. The summed E-state index contributed by atoms with van der Waals surface area (Å²) in [5.74, 6) is -3.06. The Morgan fingerprint density at radius 1 is 1.15 bits per heavy atom. The number of halogens is 3. The number of aromatic carboxylic acids is 1. The largest absolute Gasteiger partial charge is 0.478 e. The maximum atomic E-state index is 13.5. The van der Waals surface area contributed by atoms with Gasteiger partial charge in [-0.15, -0.1) is 0 Å². The number of carboxylic acids is 1. The van der Waals surface area contributed by atoms with E-state index >= 15 is 0 Å². The highest BCUT2D eigenvalue weighted by Crippen LogP contribution is 2.37. The molecule has 26 heavy (non-hydrogen) atoms. The van der Waals surface area contributed by atoms with Crippen molar-refractivity contribution in [1.82, 2.24) is 0 Å². The van der Waals surface area contributed by atoms with Gasteiger partial charge in [-0.05, 0) is 48.2 Å². The van der Waals surface area contributed by atoms with Gasteiger partial charge in [-0.1, -0.05) is 36.4 Å². The molecule has 0 fully saturated rings. The Kier molecular flexibility index (Phi) is 5.51. The third kappa shape index (κ3) is 4.31. The Morgan fingerprint density at radius 2 is 1.85 bits per heavy atom. The minimum Gasteiger partial charge on any atom is -0.478 e. The van der Waals surface area contributed by atoms with Gasteiger partial charge in [-0.2, -0.15) is 18.4 Å². The zero-order valence-electron chi connectivity index (χ0n) is 14.1. The Hall–Kier alpha value is -3.07. The normalized spacial score (nSPS) is 12.8. The Labute approximate surface area is 149 Å². The lowest BCUT2D eigenvalue weighted by Gasteiger charge is -2.18. The van der Waals surface area contributed by atoms with E-state index in [0.717, 1.165) is 17.2 Å². The molecule has 0 aliphatic rings. The van der Waals surface area contributed by atoms with E-state index in [9.17, 15) is 18.0 Å². The molecule has 0 bridgehead atoms. The van der Waals surface area contributed by atoms with Crippen LogP contribution in [0.4, 0.5) is 13.2 Å². The van der Waals surface area contributed by atoms with Crippen molar-refractivity contribution in [3.8, 4) is 6.07 Å².